The lowest BCUT2D eigenvalue weighted by molar-refractivity contribution is -0.163. The minimum Gasteiger partial charge on any atom is -0.462 e. The van der Waals surface area contributed by atoms with E-state index in [1.54, 1.807) is 0 Å². The number of esters is 2. The lowest BCUT2D eigenvalue weighted by atomic mass is 10.0. The van der Waals surface area contributed by atoms with Crippen molar-refractivity contribution in [1.82, 2.24) is 0 Å². The lowest BCUT2D eigenvalue weighted by Gasteiger charge is -2.18. The van der Waals surface area contributed by atoms with E-state index in [4.69, 9.17) is 14.2 Å². The van der Waals surface area contributed by atoms with Gasteiger partial charge in [0, 0.05) is 19.4 Å². The van der Waals surface area contributed by atoms with Gasteiger partial charge in [-0.1, -0.05) is 244 Å². The molecule has 0 bridgehead atoms. The highest BCUT2D eigenvalue weighted by Gasteiger charge is 2.17. The van der Waals surface area contributed by atoms with E-state index in [0.29, 0.717) is 19.4 Å². The maximum Gasteiger partial charge on any atom is 0.306 e. The predicted molar refractivity (Wildman–Crippen MR) is 270 cm³/mol. The van der Waals surface area contributed by atoms with Gasteiger partial charge in [-0.2, -0.15) is 0 Å². The molecule has 0 N–H and O–H groups in total. The molecule has 0 aliphatic heterocycles. The minimum absolute atomic E-state index is 0.0852. The van der Waals surface area contributed by atoms with E-state index in [0.717, 1.165) is 51.4 Å². The largest absolute Gasteiger partial charge is 0.462 e. The highest BCUT2D eigenvalue weighted by molar-refractivity contribution is 5.70. The van der Waals surface area contributed by atoms with Gasteiger partial charge in [-0.3, -0.25) is 9.59 Å². The van der Waals surface area contributed by atoms with Crippen LogP contribution in [0.3, 0.4) is 0 Å². The first kappa shape index (κ1) is 60.4. The molecule has 0 aromatic carbocycles. The summed E-state index contributed by atoms with van der Waals surface area (Å²) in [4.78, 5) is 25.4. The number of allylic oxidation sites excluding steroid dienone is 4. The quantitative estimate of drug-likeness (QED) is 0.0346. The molecule has 5 nitrogen and oxygen atoms in total. The third-order valence-corrected chi connectivity index (χ3v) is 12.5. The van der Waals surface area contributed by atoms with Crippen molar-refractivity contribution in [1.29, 1.82) is 0 Å². The van der Waals surface area contributed by atoms with E-state index in [2.05, 4.69) is 45.1 Å². The molecule has 0 spiro atoms. The fourth-order valence-corrected chi connectivity index (χ4v) is 8.27. The van der Waals surface area contributed by atoms with Crippen LogP contribution in [0.4, 0.5) is 0 Å². The zero-order valence-corrected chi connectivity index (χ0v) is 42.2. The standard InChI is InChI=1S/C57H108O5/c1-4-7-10-13-16-19-22-25-28-31-34-37-40-43-46-49-52-60-53-55(62-57(59)51-48-45-42-39-36-33-30-27-24-21-18-15-12-9-6-3)54-61-56(58)50-47-44-41-38-35-32-29-26-23-20-17-14-11-8-5-2/h25-26,28-29,55H,4-24,27,30-54H2,1-3H3/b28-25-,29-26-. The first-order valence-electron chi connectivity index (χ1n) is 27.9. The number of carbonyl (C=O) groups is 2. The molecule has 0 saturated carbocycles. The van der Waals surface area contributed by atoms with E-state index in [-0.39, 0.29) is 25.2 Å². The number of unbranched alkanes of at least 4 members (excludes halogenated alkanes) is 37. The SMILES string of the molecule is CCCCCCCC/C=C\CCCCCCCCOCC(COC(=O)CCCCCCC/C=C\CCCCCCCC)OC(=O)CCCCCCCCCCCCCCCCC. The Hall–Kier alpha value is -1.62. The number of carbonyl (C=O) groups excluding carboxylic acids is 2. The van der Waals surface area contributed by atoms with Crippen LogP contribution in [0.1, 0.15) is 303 Å². The van der Waals surface area contributed by atoms with Gasteiger partial charge in [-0.15, -0.1) is 0 Å². The van der Waals surface area contributed by atoms with Crippen molar-refractivity contribution in [2.24, 2.45) is 0 Å². The molecule has 0 saturated heterocycles. The van der Waals surface area contributed by atoms with E-state index in [9.17, 15) is 9.59 Å². The summed E-state index contributed by atoms with van der Waals surface area (Å²) in [6.07, 6.45) is 63.3. The Morgan fingerprint density at radius 3 is 0.984 bits per heavy atom. The van der Waals surface area contributed by atoms with Gasteiger partial charge in [0.05, 0.1) is 6.61 Å². The van der Waals surface area contributed by atoms with Gasteiger partial charge in [0.15, 0.2) is 6.10 Å². The number of hydrogen-bond acceptors (Lipinski definition) is 5. The van der Waals surface area contributed by atoms with Crippen molar-refractivity contribution in [3.63, 3.8) is 0 Å². The summed E-state index contributed by atoms with van der Waals surface area (Å²) >= 11 is 0. The van der Waals surface area contributed by atoms with Crippen molar-refractivity contribution in [2.75, 3.05) is 19.8 Å². The molecular weight excluding hydrogens is 765 g/mol. The Balaban J connectivity index is 4.25. The third-order valence-electron chi connectivity index (χ3n) is 12.5. The molecule has 0 aromatic heterocycles. The van der Waals surface area contributed by atoms with E-state index >= 15 is 0 Å². The van der Waals surface area contributed by atoms with Gasteiger partial charge in [-0.05, 0) is 70.6 Å². The second kappa shape index (κ2) is 53.7. The molecule has 62 heavy (non-hydrogen) atoms. The fraction of sp³-hybridized carbons (Fsp3) is 0.895. The van der Waals surface area contributed by atoms with Crippen LogP contribution in [0.5, 0.6) is 0 Å². The molecule has 1 unspecified atom stereocenters. The van der Waals surface area contributed by atoms with Gasteiger partial charge in [-0.25, -0.2) is 0 Å². The molecule has 0 amide bonds. The molecule has 0 aliphatic carbocycles. The zero-order chi connectivity index (χ0) is 44.9. The number of rotatable bonds is 52. The Morgan fingerprint density at radius 2 is 0.629 bits per heavy atom. The smallest absolute Gasteiger partial charge is 0.306 e. The van der Waals surface area contributed by atoms with Gasteiger partial charge in [0.1, 0.15) is 6.61 Å². The van der Waals surface area contributed by atoms with Gasteiger partial charge < -0.3 is 14.2 Å². The molecule has 0 aromatic rings. The Morgan fingerprint density at radius 1 is 0.339 bits per heavy atom. The first-order chi connectivity index (χ1) is 30.6. The van der Waals surface area contributed by atoms with E-state index in [1.807, 2.05) is 0 Å². The number of hydrogen-bond donors (Lipinski definition) is 0. The van der Waals surface area contributed by atoms with Crippen molar-refractivity contribution in [2.45, 2.75) is 309 Å². The summed E-state index contributed by atoms with van der Waals surface area (Å²) in [6.45, 7) is 7.86. The third kappa shape index (κ3) is 51.0. The molecule has 5 heteroatoms. The second-order valence-electron chi connectivity index (χ2n) is 18.8. The fourth-order valence-electron chi connectivity index (χ4n) is 8.27. The van der Waals surface area contributed by atoms with E-state index < -0.39 is 6.10 Å². The van der Waals surface area contributed by atoms with Crippen molar-refractivity contribution < 1.29 is 23.8 Å². The summed E-state index contributed by atoms with van der Waals surface area (Å²) in [5.74, 6) is -0.391. The number of ether oxygens (including phenoxy) is 3. The van der Waals surface area contributed by atoms with Crippen LogP contribution >= 0.6 is 0 Å². The molecule has 1 atom stereocenters. The van der Waals surface area contributed by atoms with Gasteiger partial charge >= 0.3 is 11.9 Å². The summed E-state index contributed by atoms with van der Waals surface area (Å²) in [5, 5.41) is 0. The molecule has 0 aliphatic rings. The van der Waals surface area contributed by atoms with Crippen LogP contribution in [-0.4, -0.2) is 37.9 Å². The molecule has 0 radical (unpaired) electrons. The van der Waals surface area contributed by atoms with Crippen molar-refractivity contribution in [3.8, 4) is 0 Å². The predicted octanol–water partition coefficient (Wildman–Crippen LogP) is 18.8. The zero-order valence-electron chi connectivity index (χ0n) is 42.2. The second-order valence-corrected chi connectivity index (χ2v) is 18.8. The Kier molecular flexibility index (Phi) is 52.3. The van der Waals surface area contributed by atoms with Crippen LogP contribution in [0, 0.1) is 0 Å². The monoisotopic (exact) mass is 873 g/mol. The Bertz CT molecular complexity index is 943. The summed E-state index contributed by atoms with van der Waals surface area (Å²) in [7, 11) is 0. The lowest BCUT2D eigenvalue weighted by Crippen LogP contribution is -2.30. The van der Waals surface area contributed by atoms with Crippen molar-refractivity contribution in [3.05, 3.63) is 24.3 Å². The summed E-state index contributed by atoms with van der Waals surface area (Å²) in [5.41, 5.74) is 0. The summed E-state index contributed by atoms with van der Waals surface area (Å²) in [6, 6.07) is 0. The van der Waals surface area contributed by atoms with Crippen molar-refractivity contribution >= 4 is 11.9 Å². The maximum absolute atomic E-state index is 12.8. The highest BCUT2D eigenvalue weighted by Crippen LogP contribution is 2.16. The molecule has 366 valence electrons. The van der Waals surface area contributed by atoms with Crippen LogP contribution in [0.25, 0.3) is 0 Å². The van der Waals surface area contributed by atoms with Gasteiger partial charge in [0.2, 0.25) is 0 Å². The topological polar surface area (TPSA) is 61.8 Å². The average Bonchev–Trinajstić information content (AvgIpc) is 3.27. The molecule has 0 heterocycles. The van der Waals surface area contributed by atoms with Crippen LogP contribution in [0.15, 0.2) is 24.3 Å². The normalized spacial score (nSPS) is 12.2. The van der Waals surface area contributed by atoms with Crippen LogP contribution in [-0.2, 0) is 23.8 Å². The highest BCUT2D eigenvalue weighted by atomic mass is 16.6. The summed E-state index contributed by atoms with van der Waals surface area (Å²) < 4.78 is 17.5. The van der Waals surface area contributed by atoms with Crippen LogP contribution in [0.2, 0.25) is 0 Å². The van der Waals surface area contributed by atoms with Crippen LogP contribution < -0.4 is 0 Å². The average molecular weight is 873 g/mol. The van der Waals surface area contributed by atoms with E-state index in [1.165, 1.54) is 218 Å². The first-order valence-corrected chi connectivity index (χ1v) is 27.9. The molecule has 0 rings (SSSR count). The Labute approximate surface area is 387 Å². The minimum atomic E-state index is -0.536. The molecular formula is C57H108O5. The maximum atomic E-state index is 12.8. The van der Waals surface area contributed by atoms with Gasteiger partial charge in [0.25, 0.3) is 0 Å². The molecule has 0 fully saturated rings.